The van der Waals surface area contributed by atoms with Gasteiger partial charge in [-0.1, -0.05) is 31.5 Å². The van der Waals surface area contributed by atoms with Gasteiger partial charge in [0.2, 0.25) is 5.78 Å². The van der Waals surface area contributed by atoms with Gasteiger partial charge in [0.15, 0.2) is 0 Å². The van der Waals surface area contributed by atoms with Crippen LogP contribution in [-0.4, -0.2) is 15.8 Å². The Bertz CT molecular complexity index is 509. The second-order valence-corrected chi connectivity index (χ2v) is 3.87. The van der Waals surface area contributed by atoms with Crippen LogP contribution in [0.15, 0.2) is 42.9 Å². The zero-order valence-electron chi connectivity index (χ0n) is 9.76. The molecule has 0 aliphatic heterocycles. The maximum absolute atomic E-state index is 12.1. The molecule has 0 unspecified atom stereocenters. The van der Waals surface area contributed by atoms with Crippen LogP contribution in [-0.2, 0) is 6.42 Å². The van der Waals surface area contributed by atoms with Gasteiger partial charge in [-0.2, -0.15) is 0 Å². The van der Waals surface area contributed by atoms with Gasteiger partial charge in [0, 0.05) is 18.0 Å². The fourth-order valence-corrected chi connectivity index (χ4v) is 1.72. The van der Waals surface area contributed by atoms with Crippen LogP contribution in [0.4, 0.5) is 0 Å². The van der Waals surface area contributed by atoms with Crippen molar-refractivity contribution in [3.05, 3.63) is 59.7 Å². The first-order valence-corrected chi connectivity index (χ1v) is 5.71. The lowest BCUT2D eigenvalue weighted by Crippen LogP contribution is -2.04. The minimum atomic E-state index is -0.0731. The Hall–Kier alpha value is -2.03. The second kappa shape index (κ2) is 5.34. The summed E-state index contributed by atoms with van der Waals surface area (Å²) in [6.07, 6.45) is 6.65. The summed E-state index contributed by atoms with van der Waals surface area (Å²) in [5.74, 6) is -0.0731. The smallest absolute Gasteiger partial charge is 0.212 e. The number of hydrogen-bond acceptors (Lipinski definition) is 3. The number of aryl methyl sites for hydroxylation is 1. The van der Waals surface area contributed by atoms with E-state index in [-0.39, 0.29) is 5.78 Å². The molecule has 17 heavy (non-hydrogen) atoms. The van der Waals surface area contributed by atoms with Gasteiger partial charge in [0.1, 0.15) is 5.69 Å². The minimum absolute atomic E-state index is 0.0731. The first-order chi connectivity index (χ1) is 8.31. The number of hydrogen-bond donors (Lipinski definition) is 0. The van der Waals surface area contributed by atoms with E-state index in [0.29, 0.717) is 11.3 Å². The van der Waals surface area contributed by atoms with Gasteiger partial charge in [-0.05, 0) is 18.1 Å². The summed E-state index contributed by atoms with van der Waals surface area (Å²) in [5, 5.41) is 0. The van der Waals surface area contributed by atoms with E-state index in [9.17, 15) is 4.79 Å². The van der Waals surface area contributed by atoms with Crippen LogP contribution in [0.25, 0.3) is 0 Å². The lowest BCUT2D eigenvalue weighted by molar-refractivity contribution is 0.103. The molecular weight excluding hydrogens is 212 g/mol. The normalized spacial score (nSPS) is 10.2. The van der Waals surface area contributed by atoms with Crippen LogP contribution in [0, 0.1) is 0 Å². The summed E-state index contributed by atoms with van der Waals surface area (Å²) in [6.45, 7) is 2.12. The molecule has 2 aromatic rings. The fourth-order valence-electron chi connectivity index (χ4n) is 1.72. The van der Waals surface area contributed by atoms with E-state index in [4.69, 9.17) is 0 Å². The summed E-state index contributed by atoms with van der Waals surface area (Å²) in [6, 6.07) is 7.70. The highest BCUT2D eigenvalue weighted by molar-refractivity contribution is 6.07. The first kappa shape index (κ1) is 11.5. The third-order valence-corrected chi connectivity index (χ3v) is 2.52. The van der Waals surface area contributed by atoms with E-state index in [1.54, 1.807) is 6.20 Å². The largest absolute Gasteiger partial charge is 0.287 e. The van der Waals surface area contributed by atoms with Crippen LogP contribution in [0.1, 0.15) is 35.0 Å². The van der Waals surface area contributed by atoms with Crippen molar-refractivity contribution in [3.63, 3.8) is 0 Å². The molecule has 0 amide bonds. The average molecular weight is 226 g/mol. The average Bonchev–Trinajstić information content (AvgIpc) is 2.40. The van der Waals surface area contributed by atoms with Crippen LogP contribution >= 0.6 is 0 Å². The standard InChI is InChI=1S/C14H14N2O/c1-2-4-11-5-3-6-12(9-11)14(17)13-10-15-7-8-16-13/h3,5-10H,2,4H2,1H3. The highest BCUT2D eigenvalue weighted by Crippen LogP contribution is 2.11. The van der Waals surface area contributed by atoms with E-state index >= 15 is 0 Å². The predicted molar refractivity (Wildman–Crippen MR) is 65.9 cm³/mol. The Morgan fingerprint density at radius 1 is 1.29 bits per heavy atom. The lowest BCUT2D eigenvalue weighted by Gasteiger charge is -2.03. The zero-order chi connectivity index (χ0) is 12.1. The van der Waals surface area contributed by atoms with Crippen LogP contribution in [0.3, 0.4) is 0 Å². The number of carbonyl (C=O) groups is 1. The molecule has 0 bridgehead atoms. The van der Waals surface area contributed by atoms with Gasteiger partial charge in [-0.3, -0.25) is 9.78 Å². The van der Waals surface area contributed by atoms with E-state index in [1.165, 1.54) is 18.0 Å². The van der Waals surface area contributed by atoms with Gasteiger partial charge >= 0.3 is 0 Å². The molecule has 0 aliphatic carbocycles. The molecular formula is C14H14N2O. The highest BCUT2D eigenvalue weighted by atomic mass is 16.1. The van der Waals surface area contributed by atoms with Crippen molar-refractivity contribution in [2.75, 3.05) is 0 Å². The maximum atomic E-state index is 12.1. The van der Waals surface area contributed by atoms with Crippen molar-refractivity contribution in [3.8, 4) is 0 Å². The third kappa shape index (κ3) is 2.75. The van der Waals surface area contributed by atoms with Crippen LogP contribution < -0.4 is 0 Å². The van der Waals surface area contributed by atoms with Gasteiger partial charge in [0.05, 0.1) is 6.20 Å². The Kier molecular flexibility index (Phi) is 3.60. The van der Waals surface area contributed by atoms with Gasteiger partial charge in [0.25, 0.3) is 0 Å². The molecule has 86 valence electrons. The van der Waals surface area contributed by atoms with Crippen molar-refractivity contribution >= 4 is 5.78 Å². The number of aromatic nitrogens is 2. The molecule has 2 rings (SSSR count). The van der Waals surface area contributed by atoms with Gasteiger partial charge in [-0.25, -0.2) is 4.98 Å². The summed E-state index contributed by atoms with van der Waals surface area (Å²) < 4.78 is 0. The van der Waals surface area contributed by atoms with Crippen LogP contribution in [0.2, 0.25) is 0 Å². The zero-order valence-corrected chi connectivity index (χ0v) is 9.76. The molecule has 0 saturated heterocycles. The van der Waals surface area contributed by atoms with E-state index in [0.717, 1.165) is 12.8 Å². The molecule has 0 radical (unpaired) electrons. The van der Waals surface area contributed by atoms with Crippen molar-refractivity contribution in [1.29, 1.82) is 0 Å². The molecule has 1 aromatic heterocycles. The molecule has 0 aliphatic rings. The summed E-state index contributed by atoms with van der Waals surface area (Å²) in [7, 11) is 0. The lowest BCUT2D eigenvalue weighted by atomic mass is 10.0. The molecule has 0 N–H and O–H groups in total. The quantitative estimate of drug-likeness (QED) is 0.753. The molecule has 1 heterocycles. The second-order valence-electron chi connectivity index (χ2n) is 3.87. The molecule has 0 saturated carbocycles. The number of carbonyl (C=O) groups excluding carboxylic acids is 1. The summed E-state index contributed by atoms with van der Waals surface area (Å²) in [4.78, 5) is 20.0. The molecule has 0 atom stereocenters. The summed E-state index contributed by atoms with van der Waals surface area (Å²) in [5.41, 5.74) is 2.25. The predicted octanol–water partition coefficient (Wildman–Crippen LogP) is 2.66. The Morgan fingerprint density at radius 2 is 2.18 bits per heavy atom. The molecule has 0 fully saturated rings. The number of rotatable bonds is 4. The number of nitrogens with zero attached hydrogens (tertiary/aromatic N) is 2. The molecule has 1 aromatic carbocycles. The van der Waals surface area contributed by atoms with Crippen molar-refractivity contribution < 1.29 is 4.79 Å². The first-order valence-electron chi connectivity index (χ1n) is 5.71. The van der Waals surface area contributed by atoms with E-state index in [2.05, 4.69) is 16.9 Å². The Labute approximate surface area is 101 Å². The highest BCUT2D eigenvalue weighted by Gasteiger charge is 2.10. The topological polar surface area (TPSA) is 42.9 Å². The van der Waals surface area contributed by atoms with E-state index < -0.39 is 0 Å². The van der Waals surface area contributed by atoms with Gasteiger partial charge in [-0.15, -0.1) is 0 Å². The van der Waals surface area contributed by atoms with Crippen molar-refractivity contribution in [1.82, 2.24) is 9.97 Å². The maximum Gasteiger partial charge on any atom is 0.212 e. The van der Waals surface area contributed by atoms with Crippen molar-refractivity contribution in [2.45, 2.75) is 19.8 Å². The fraction of sp³-hybridized carbons (Fsp3) is 0.214. The Balaban J connectivity index is 2.28. The molecule has 3 heteroatoms. The van der Waals surface area contributed by atoms with E-state index in [1.807, 2.05) is 24.3 Å². The molecule has 0 spiro atoms. The summed E-state index contributed by atoms with van der Waals surface area (Å²) >= 11 is 0. The minimum Gasteiger partial charge on any atom is -0.287 e. The number of benzene rings is 1. The van der Waals surface area contributed by atoms with Crippen LogP contribution in [0.5, 0.6) is 0 Å². The third-order valence-electron chi connectivity index (χ3n) is 2.52. The molecule has 3 nitrogen and oxygen atoms in total. The van der Waals surface area contributed by atoms with Crippen molar-refractivity contribution in [2.24, 2.45) is 0 Å². The Morgan fingerprint density at radius 3 is 2.88 bits per heavy atom. The van der Waals surface area contributed by atoms with Gasteiger partial charge < -0.3 is 0 Å². The monoisotopic (exact) mass is 226 g/mol. The number of ketones is 1. The SMILES string of the molecule is CCCc1cccc(C(=O)c2cnccn2)c1.